The minimum absolute atomic E-state index is 0.276. The molecule has 0 N–H and O–H groups in total. The lowest BCUT2D eigenvalue weighted by atomic mass is 10.0. The Bertz CT molecular complexity index is 399. The van der Waals surface area contributed by atoms with E-state index >= 15 is 0 Å². The summed E-state index contributed by atoms with van der Waals surface area (Å²) in [5, 5.41) is 0. The van der Waals surface area contributed by atoms with E-state index in [1.807, 2.05) is 0 Å². The van der Waals surface area contributed by atoms with Crippen molar-refractivity contribution in [2.75, 3.05) is 20.2 Å². The van der Waals surface area contributed by atoms with Gasteiger partial charge >= 0.3 is 0 Å². The molecule has 0 amide bonds. The molecule has 0 aliphatic carbocycles. The van der Waals surface area contributed by atoms with Crippen molar-refractivity contribution >= 4 is 15.9 Å². The van der Waals surface area contributed by atoms with Crippen molar-refractivity contribution in [2.24, 2.45) is 0 Å². The summed E-state index contributed by atoms with van der Waals surface area (Å²) in [7, 11) is 2.17. The summed E-state index contributed by atoms with van der Waals surface area (Å²) in [4.78, 5) is 2.40. The number of ether oxygens (including phenoxy) is 1. The highest BCUT2D eigenvalue weighted by atomic mass is 79.9. The molecule has 2 rings (SSSR count). The molecular formula is C14H19BrFNO. The first-order chi connectivity index (χ1) is 8.66. The average molecular weight is 316 g/mol. The molecule has 1 unspecified atom stereocenters. The van der Waals surface area contributed by atoms with E-state index in [1.165, 1.54) is 31.9 Å². The van der Waals surface area contributed by atoms with Crippen molar-refractivity contribution < 1.29 is 9.13 Å². The summed E-state index contributed by atoms with van der Waals surface area (Å²) in [6.07, 6.45) is 4.86. The molecule has 4 heteroatoms. The molecule has 1 aliphatic rings. The molecule has 0 saturated carbocycles. The Morgan fingerprint density at radius 1 is 1.44 bits per heavy atom. The number of rotatable bonds is 4. The number of likely N-dealkylation sites (tertiary alicyclic amines) is 1. The molecule has 1 fully saturated rings. The Balaban J connectivity index is 1.79. The van der Waals surface area contributed by atoms with E-state index in [2.05, 4.69) is 27.9 Å². The van der Waals surface area contributed by atoms with E-state index in [-0.39, 0.29) is 5.82 Å². The fraction of sp³-hybridized carbons (Fsp3) is 0.571. The largest absolute Gasteiger partial charge is 0.493 e. The molecule has 1 aromatic carbocycles. The molecular weight excluding hydrogens is 297 g/mol. The maximum atomic E-state index is 13.3. The highest BCUT2D eigenvalue weighted by Crippen LogP contribution is 2.22. The van der Waals surface area contributed by atoms with E-state index in [0.717, 1.165) is 6.42 Å². The van der Waals surface area contributed by atoms with E-state index < -0.39 is 0 Å². The van der Waals surface area contributed by atoms with Crippen LogP contribution >= 0.6 is 15.9 Å². The van der Waals surface area contributed by atoms with Crippen LogP contribution in [0.1, 0.15) is 25.7 Å². The maximum absolute atomic E-state index is 13.3. The molecule has 1 atom stereocenters. The second-order valence-electron chi connectivity index (χ2n) is 4.84. The van der Waals surface area contributed by atoms with Gasteiger partial charge in [-0.15, -0.1) is 0 Å². The first-order valence-electron chi connectivity index (χ1n) is 6.45. The van der Waals surface area contributed by atoms with Gasteiger partial charge in [-0.2, -0.15) is 0 Å². The van der Waals surface area contributed by atoms with Crippen molar-refractivity contribution in [3.05, 3.63) is 28.5 Å². The van der Waals surface area contributed by atoms with Gasteiger partial charge in [-0.1, -0.05) is 6.42 Å². The van der Waals surface area contributed by atoms with E-state index in [4.69, 9.17) is 4.74 Å². The van der Waals surface area contributed by atoms with Crippen LogP contribution in [-0.4, -0.2) is 31.1 Å². The zero-order valence-corrected chi connectivity index (χ0v) is 12.2. The molecule has 0 spiro atoms. The predicted molar refractivity (Wildman–Crippen MR) is 74.5 cm³/mol. The molecule has 1 heterocycles. The summed E-state index contributed by atoms with van der Waals surface area (Å²) >= 11 is 3.13. The van der Waals surface area contributed by atoms with Gasteiger partial charge in [0.15, 0.2) is 0 Å². The van der Waals surface area contributed by atoms with Crippen molar-refractivity contribution in [3.8, 4) is 5.75 Å². The molecule has 2 nitrogen and oxygen atoms in total. The van der Waals surface area contributed by atoms with Gasteiger partial charge in [0.05, 0.1) is 11.1 Å². The van der Waals surface area contributed by atoms with Crippen LogP contribution < -0.4 is 4.74 Å². The van der Waals surface area contributed by atoms with Gasteiger partial charge in [0, 0.05) is 12.1 Å². The fourth-order valence-electron chi connectivity index (χ4n) is 2.39. The fourth-order valence-corrected chi connectivity index (χ4v) is 2.63. The van der Waals surface area contributed by atoms with Gasteiger partial charge in [-0.05, 0) is 60.9 Å². The number of nitrogens with zero attached hydrogens (tertiary/aromatic N) is 1. The summed E-state index contributed by atoms with van der Waals surface area (Å²) in [5.74, 6) is 0.330. The zero-order valence-electron chi connectivity index (χ0n) is 10.7. The van der Waals surface area contributed by atoms with Crippen LogP contribution in [0.3, 0.4) is 0 Å². The molecule has 18 heavy (non-hydrogen) atoms. The highest BCUT2D eigenvalue weighted by Gasteiger charge is 2.18. The second-order valence-corrected chi connectivity index (χ2v) is 5.70. The minimum atomic E-state index is -0.276. The van der Waals surface area contributed by atoms with Crippen LogP contribution in [0.4, 0.5) is 4.39 Å². The zero-order chi connectivity index (χ0) is 13.0. The highest BCUT2D eigenvalue weighted by molar-refractivity contribution is 9.10. The molecule has 0 aromatic heterocycles. The first kappa shape index (κ1) is 13.8. The number of piperidine rings is 1. The minimum Gasteiger partial charge on any atom is -0.493 e. The van der Waals surface area contributed by atoms with E-state index in [0.29, 0.717) is 22.9 Å². The van der Waals surface area contributed by atoms with Gasteiger partial charge in [0.25, 0.3) is 0 Å². The number of benzene rings is 1. The van der Waals surface area contributed by atoms with Gasteiger partial charge in [0.2, 0.25) is 0 Å². The van der Waals surface area contributed by atoms with Crippen LogP contribution in [-0.2, 0) is 0 Å². The SMILES string of the molecule is CN1CCCCC1CCOc1ccc(Br)c(F)c1. The molecule has 1 aliphatic heterocycles. The lowest BCUT2D eigenvalue weighted by Crippen LogP contribution is -2.37. The van der Waals surface area contributed by atoms with Crippen LogP contribution in [0, 0.1) is 5.82 Å². The monoisotopic (exact) mass is 315 g/mol. The second kappa shape index (κ2) is 6.53. The lowest BCUT2D eigenvalue weighted by molar-refractivity contribution is 0.153. The third-order valence-corrected chi connectivity index (χ3v) is 4.18. The number of hydrogen-bond donors (Lipinski definition) is 0. The lowest BCUT2D eigenvalue weighted by Gasteiger charge is -2.32. The van der Waals surface area contributed by atoms with Crippen LogP contribution in [0.2, 0.25) is 0 Å². The Labute approximate surface area is 116 Å². The number of hydrogen-bond acceptors (Lipinski definition) is 2. The Morgan fingerprint density at radius 3 is 3.00 bits per heavy atom. The summed E-state index contributed by atoms with van der Waals surface area (Å²) in [5.41, 5.74) is 0. The Morgan fingerprint density at radius 2 is 2.28 bits per heavy atom. The van der Waals surface area contributed by atoms with E-state index in [1.54, 1.807) is 12.1 Å². The third-order valence-electron chi connectivity index (χ3n) is 3.53. The van der Waals surface area contributed by atoms with Crippen molar-refractivity contribution in [2.45, 2.75) is 31.7 Å². The molecule has 1 aromatic rings. The third kappa shape index (κ3) is 3.69. The smallest absolute Gasteiger partial charge is 0.141 e. The van der Waals surface area contributed by atoms with Gasteiger partial charge < -0.3 is 9.64 Å². The van der Waals surface area contributed by atoms with E-state index in [9.17, 15) is 4.39 Å². The maximum Gasteiger partial charge on any atom is 0.141 e. The van der Waals surface area contributed by atoms with Gasteiger partial charge in [-0.3, -0.25) is 0 Å². The van der Waals surface area contributed by atoms with Crippen LogP contribution in [0.25, 0.3) is 0 Å². The molecule has 0 bridgehead atoms. The molecule has 1 saturated heterocycles. The van der Waals surface area contributed by atoms with Gasteiger partial charge in [0.1, 0.15) is 11.6 Å². The topological polar surface area (TPSA) is 12.5 Å². The standard InChI is InChI=1S/C14H19BrFNO/c1-17-8-3-2-4-11(17)7-9-18-12-5-6-13(15)14(16)10-12/h5-6,10-11H,2-4,7-9H2,1H3. The Kier molecular flexibility index (Phi) is 5.01. The molecule has 0 radical (unpaired) electrons. The van der Waals surface area contributed by atoms with Crippen LogP contribution in [0.15, 0.2) is 22.7 Å². The Hall–Kier alpha value is -0.610. The summed E-state index contributed by atoms with van der Waals surface area (Å²) in [6, 6.07) is 5.50. The molecule has 100 valence electrons. The van der Waals surface area contributed by atoms with Crippen molar-refractivity contribution in [1.82, 2.24) is 4.90 Å². The average Bonchev–Trinajstić information content (AvgIpc) is 2.36. The first-order valence-corrected chi connectivity index (χ1v) is 7.24. The van der Waals surface area contributed by atoms with Gasteiger partial charge in [-0.25, -0.2) is 4.39 Å². The number of halogens is 2. The quantitative estimate of drug-likeness (QED) is 0.837. The van der Waals surface area contributed by atoms with Crippen molar-refractivity contribution in [1.29, 1.82) is 0 Å². The summed E-state index contributed by atoms with van der Waals surface area (Å²) in [6.45, 7) is 1.83. The normalized spacial score (nSPS) is 20.9. The predicted octanol–water partition coefficient (Wildman–Crippen LogP) is 3.84. The van der Waals surface area contributed by atoms with Crippen LogP contribution in [0.5, 0.6) is 5.75 Å². The van der Waals surface area contributed by atoms with Crippen molar-refractivity contribution in [3.63, 3.8) is 0 Å². The summed E-state index contributed by atoms with van der Waals surface area (Å²) < 4.78 is 19.4.